The number of hydrogen-bond acceptors (Lipinski definition) is 6. The Kier molecular flexibility index (Phi) is 5.89. The lowest BCUT2D eigenvalue weighted by Gasteiger charge is -2.06. The molecule has 0 aliphatic rings. The Labute approximate surface area is 115 Å². The van der Waals surface area contributed by atoms with E-state index in [2.05, 4.69) is 15.0 Å². The largest absolute Gasteiger partial charge is 0.461 e. The van der Waals surface area contributed by atoms with Gasteiger partial charge in [0.2, 0.25) is 0 Å². The average Bonchev–Trinajstić information content (AvgIpc) is 2.76. The maximum absolute atomic E-state index is 11.8. The highest BCUT2D eigenvalue weighted by Gasteiger charge is 2.27. The molecule has 0 atom stereocenters. The third-order valence-corrected chi connectivity index (χ3v) is 2.49. The molecule has 112 valence electrons. The summed E-state index contributed by atoms with van der Waals surface area (Å²) in [6.07, 6.45) is -4.49. The van der Waals surface area contributed by atoms with E-state index in [1.807, 2.05) is 0 Å². The van der Waals surface area contributed by atoms with Gasteiger partial charge in [-0.05, 0) is 6.92 Å². The fourth-order valence-electron chi connectivity index (χ4n) is 1.04. The van der Waals surface area contributed by atoms with Gasteiger partial charge >= 0.3 is 12.1 Å². The number of thiazole rings is 1. The van der Waals surface area contributed by atoms with E-state index in [1.165, 1.54) is 5.38 Å². The number of carbonyl (C=O) groups is 2. The summed E-state index contributed by atoms with van der Waals surface area (Å²) in [6.45, 7) is -0.450. The van der Waals surface area contributed by atoms with Gasteiger partial charge in [0.05, 0.1) is 6.61 Å². The smallest absolute Gasteiger partial charge is 0.411 e. The van der Waals surface area contributed by atoms with Crippen LogP contribution >= 0.6 is 11.3 Å². The number of alkyl halides is 3. The highest BCUT2D eigenvalue weighted by Crippen LogP contribution is 2.17. The van der Waals surface area contributed by atoms with Gasteiger partial charge in [-0.25, -0.2) is 9.78 Å². The Hall–Kier alpha value is -1.68. The minimum Gasteiger partial charge on any atom is -0.461 e. The molecule has 1 heterocycles. The van der Waals surface area contributed by atoms with Crippen molar-refractivity contribution in [3.8, 4) is 0 Å². The summed E-state index contributed by atoms with van der Waals surface area (Å²) < 4.78 is 44.2. The fraction of sp³-hybridized carbons (Fsp3) is 0.500. The first kappa shape index (κ1) is 16.4. The first-order valence-electron chi connectivity index (χ1n) is 5.39. The number of amides is 1. The van der Waals surface area contributed by atoms with Crippen molar-refractivity contribution in [2.75, 3.05) is 25.1 Å². The van der Waals surface area contributed by atoms with Crippen LogP contribution in [0, 0.1) is 0 Å². The minimum atomic E-state index is -4.49. The number of aromatic nitrogens is 1. The van der Waals surface area contributed by atoms with Crippen LogP contribution in [0.2, 0.25) is 0 Å². The standard InChI is InChI=1S/C10H11F3N2O4S/c1-2-19-8(17)6-4-20-9(14-6)15-7(16)3-18-5-10(11,12)13/h4H,2-3,5H2,1H3,(H,14,15,16). The molecule has 0 radical (unpaired) electrons. The monoisotopic (exact) mass is 312 g/mol. The summed E-state index contributed by atoms with van der Waals surface area (Å²) >= 11 is 0.949. The van der Waals surface area contributed by atoms with Crippen molar-refractivity contribution in [1.82, 2.24) is 4.98 Å². The summed E-state index contributed by atoms with van der Waals surface area (Å²) in [5.74, 6) is -1.43. The molecule has 0 spiro atoms. The van der Waals surface area contributed by atoms with Crippen LogP contribution in [0.1, 0.15) is 17.4 Å². The van der Waals surface area contributed by atoms with Crippen molar-refractivity contribution in [2.45, 2.75) is 13.1 Å². The number of nitrogens with one attached hydrogen (secondary N) is 1. The second-order valence-corrected chi connectivity index (χ2v) is 4.27. The number of rotatable bonds is 6. The fourth-order valence-corrected chi connectivity index (χ4v) is 1.74. The zero-order chi connectivity index (χ0) is 15.2. The van der Waals surface area contributed by atoms with Gasteiger partial charge in [0.1, 0.15) is 13.2 Å². The number of carbonyl (C=O) groups excluding carboxylic acids is 2. The first-order valence-corrected chi connectivity index (χ1v) is 6.26. The molecule has 0 unspecified atom stereocenters. The molecule has 0 aliphatic heterocycles. The van der Waals surface area contributed by atoms with E-state index in [0.717, 1.165) is 11.3 Å². The van der Waals surface area contributed by atoms with Gasteiger partial charge in [0, 0.05) is 5.38 Å². The van der Waals surface area contributed by atoms with Crippen molar-refractivity contribution in [1.29, 1.82) is 0 Å². The summed E-state index contributed by atoms with van der Waals surface area (Å²) in [5.41, 5.74) is 0.0170. The molecule has 10 heteroatoms. The number of halogens is 3. The lowest BCUT2D eigenvalue weighted by atomic mass is 10.5. The van der Waals surface area contributed by atoms with Gasteiger partial charge in [0.15, 0.2) is 10.8 Å². The van der Waals surface area contributed by atoms with Crippen LogP contribution in [-0.2, 0) is 14.3 Å². The van der Waals surface area contributed by atoms with Crippen LogP contribution in [0.4, 0.5) is 18.3 Å². The second kappa shape index (κ2) is 7.20. The molecule has 0 aromatic carbocycles. The number of anilines is 1. The first-order chi connectivity index (χ1) is 9.31. The molecule has 0 fully saturated rings. The van der Waals surface area contributed by atoms with Crippen LogP contribution in [0.5, 0.6) is 0 Å². The van der Waals surface area contributed by atoms with Crippen molar-refractivity contribution in [3.05, 3.63) is 11.1 Å². The molecule has 0 bridgehead atoms. The Morgan fingerprint density at radius 2 is 2.15 bits per heavy atom. The Morgan fingerprint density at radius 1 is 1.45 bits per heavy atom. The number of nitrogens with zero attached hydrogens (tertiary/aromatic N) is 1. The van der Waals surface area contributed by atoms with Crippen LogP contribution in [0.25, 0.3) is 0 Å². The molecule has 0 saturated carbocycles. The van der Waals surface area contributed by atoms with Crippen LogP contribution < -0.4 is 5.32 Å². The zero-order valence-corrected chi connectivity index (χ0v) is 11.1. The molecule has 20 heavy (non-hydrogen) atoms. The Bertz CT molecular complexity index is 475. The lowest BCUT2D eigenvalue weighted by Crippen LogP contribution is -2.24. The van der Waals surface area contributed by atoms with Crippen molar-refractivity contribution in [2.24, 2.45) is 0 Å². The highest BCUT2D eigenvalue weighted by atomic mass is 32.1. The quantitative estimate of drug-likeness (QED) is 0.811. The number of esters is 1. The summed E-state index contributed by atoms with van der Waals surface area (Å²) in [6, 6.07) is 0. The van der Waals surface area contributed by atoms with E-state index in [9.17, 15) is 22.8 Å². The molecule has 1 aromatic rings. The van der Waals surface area contributed by atoms with Gasteiger partial charge in [-0.1, -0.05) is 0 Å². The maximum atomic E-state index is 11.8. The van der Waals surface area contributed by atoms with Gasteiger partial charge in [-0.2, -0.15) is 13.2 Å². The molecule has 1 amide bonds. The molecular formula is C10H11F3N2O4S. The van der Waals surface area contributed by atoms with Crippen molar-refractivity contribution in [3.63, 3.8) is 0 Å². The van der Waals surface area contributed by atoms with Crippen LogP contribution in [0.15, 0.2) is 5.38 Å². The molecule has 0 aliphatic carbocycles. The van der Waals surface area contributed by atoms with Gasteiger partial charge in [-0.15, -0.1) is 11.3 Å². The summed E-state index contributed by atoms with van der Waals surface area (Å²) in [7, 11) is 0. The van der Waals surface area contributed by atoms with Gasteiger partial charge in [0.25, 0.3) is 5.91 Å². The Balaban J connectivity index is 2.41. The molecule has 6 nitrogen and oxygen atoms in total. The predicted molar refractivity (Wildman–Crippen MR) is 63.6 cm³/mol. The molecule has 0 saturated heterocycles. The second-order valence-electron chi connectivity index (χ2n) is 3.41. The summed E-state index contributed by atoms with van der Waals surface area (Å²) in [5, 5.41) is 3.66. The number of hydrogen-bond donors (Lipinski definition) is 1. The minimum absolute atomic E-state index is 0.0170. The topological polar surface area (TPSA) is 77.5 Å². The molecule has 1 aromatic heterocycles. The molecule has 1 rings (SSSR count). The zero-order valence-electron chi connectivity index (χ0n) is 10.3. The van der Waals surface area contributed by atoms with Crippen LogP contribution in [-0.4, -0.2) is 42.9 Å². The Morgan fingerprint density at radius 3 is 2.75 bits per heavy atom. The molecular weight excluding hydrogens is 301 g/mol. The van der Waals surface area contributed by atoms with E-state index in [0.29, 0.717) is 0 Å². The van der Waals surface area contributed by atoms with Crippen molar-refractivity contribution >= 4 is 28.3 Å². The van der Waals surface area contributed by atoms with E-state index < -0.39 is 31.3 Å². The van der Waals surface area contributed by atoms with Gasteiger partial charge in [-0.3, -0.25) is 10.1 Å². The van der Waals surface area contributed by atoms with Crippen molar-refractivity contribution < 1.29 is 32.2 Å². The third kappa shape index (κ3) is 5.97. The van der Waals surface area contributed by atoms with Crippen LogP contribution in [0.3, 0.4) is 0 Å². The normalized spacial score (nSPS) is 11.2. The predicted octanol–water partition coefficient (Wildman–Crippen LogP) is 1.84. The lowest BCUT2D eigenvalue weighted by molar-refractivity contribution is -0.174. The van der Waals surface area contributed by atoms with E-state index in [1.54, 1.807) is 6.92 Å². The van der Waals surface area contributed by atoms with E-state index >= 15 is 0 Å². The average molecular weight is 312 g/mol. The van der Waals surface area contributed by atoms with E-state index in [4.69, 9.17) is 4.74 Å². The van der Waals surface area contributed by atoms with Gasteiger partial charge < -0.3 is 9.47 Å². The highest BCUT2D eigenvalue weighted by molar-refractivity contribution is 7.14. The molecule has 1 N–H and O–H groups in total. The summed E-state index contributed by atoms with van der Waals surface area (Å²) in [4.78, 5) is 26.3. The maximum Gasteiger partial charge on any atom is 0.411 e. The SMILES string of the molecule is CCOC(=O)c1csc(NC(=O)COCC(F)(F)F)n1. The van der Waals surface area contributed by atoms with E-state index in [-0.39, 0.29) is 17.4 Å². The number of ether oxygens (including phenoxy) is 2. The third-order valence-electron chi connectivity index (χ3n) is 1.73.